The second kappa shape index (κ2) is 7.75. The highest BCUT2D eigenvalue weighted by Crippen LogP contribution is 2.19. The Hall–Kier alpha value is -3.47. The third-order valence-corrected chi connectivity index (χ3v) is 6.24. The normalized spacial score (nSPS) is 11.9. The van der Waals surface area contributed by atoms with Gasteiger partial charge in [-0.15, -0.1) is 0 Å². The third-order valence-electron chi connectivity index (χ3n) is 4.48. The Morgan fingerprint density at radius 3 is 2.67 bits per heavy atom. The largest absolute Gasteiger partial charge is 0.321 e. The number of anilines is 3. The van der Waals surface area contributed by atoms with Crippen LogP contribution in [0.25, 0.3) is 11.0 Å². The molecular formula is C19H22N8O2S. The Bertz CT molecular complexity index is 1290. The highest BCUT2D eigenvalue weighted by Gasteiger charge is 2.16. The Balaban J connectivity index is 1.58. The Morgan fingerprint density at radius 1 is 1.10 bits per heavy atom. The number of benzene rings is 1. The zero-order valence-corrected chi connectivity index (χ0v) is 17.6. The predicted octanol–water partition coefficient (Wildman–Crippen LogP) is 2.50. The van der Waals surface area contributed by atoms with Crippen molar-refractivity contribution in [1.29, 1.82) is 0 Å². The van der Waals surface area contributed by atoms with Gasteiger partial charge in [0.2, 0.25) is 16.0 Å². The lowest BCUT2D eigenvalue weighted by molar-refractivity contribution is 0.593. The van der Waals surface area contributed by atoms with Gasteiger partial charge in [0.15, 0.2) is 5.65 Å². The fourth-order valence-electron chi connectivity index (χ4n) is 2.85. The molecule has 0 fully saturated rings. The summed E-state index contributed by atoms with van der Waals surface area (Å²) in [5, 5.41) is 11.9. The number of fused-ring (bicyclic) bond motifs is 1. The quantitative estimate of drug-likeness (QED) is 0.466. The van der Waals surface area contributed by atoms with E-state index in [9.17, 15) is 8.42 Å². The van der Waals surface area contributed by atoms with Crippen LogP contribution in [0.2, 0.25) is 0 Å². The minimum Gasteiger partial charge on any atom is -0.321 e. The summed E-state index contributed by atoms with van der Waals surface area (Å²) in [5.74, 6) is 0.440. The molecular weight excluding hydrogens is 404 g/mol. The van der Waals surface area contributed by atoms with Crippen molar-refractivity contribution in [3.8, 4) is 0 Å². The average Bonchev–Trinajstić information content (AvgIpc) is 3.28. The van der Waals surface area contributed by atoms with Crippen molar-refractivity contribution in [3.05, 3.63) is 54.6 Å². The molecule has 0 aliphatic carbocycles. The number of aryl methyl sites for hydroxylation is 1. The number of rotatable bonds is 7. The minimum atomic E-state index is -3.41. The fourth-order valence-corrected chi connectivity index (χ4v) is 3.54. The summed E-state index contributed by atoms with van der Waals surface area (Å²) < 4.78 is 30.3. The second-order valence-corrected chi connectivity index (χ2v) is 9.44. The highest BCUT2D eigenvalue weighted by atomic mass is 32.2. The number of hydrogen-bond acceptors (Lipinski definition) is 7. The second-order valence-electron chi connectivity index (χ2n) is 7.20. The van der Waals surface area contributed by atoms with E-state index in [1.807, 2.05) is 25.4 Å². The van der Waals surface area contributed by atoms with Gasteiger partial charge < -0.3 is 5.32 Å². The van der Waals surface area contributed by atoms with Crippen LogP contribution in [0.1, 0.15) is 19.4 Å². The summed E-state index contributed by atoms with van der Waals surface area (Å²) in [4.78, 5) is 8.88. The van der Waals surface area contributed by atoms with Gasteiger partial charge in [0, 0.05) is 25.1 Å². The molecule has 156 valence electrons. The summed E-state index contributed by atoms with van der Waals surface area (Å²) in [5.41, 5.74) is 2.87. The molecule has 3 heterocycles. The molecule has 11 heteroatoms. The summed E-state index contributed by atoms with van der Waals surface area (Å²) in [7, 11) is -1.57. The first-order valence-corrected chi connectivity index (χ1v) is 10.9. The third kappa shape index (κ3) is 4.25. The Labute approximate surface area is 174 Å². The molecule has 30 heavy (non-hydrogen) atoms. The zero-order valence-electron chi connectivity index (χ0n) is 16.8. The molecule has 4 aromatic rings. The topological polar surface area (TPSA) is 120 Å². The van der Waals surface area contributed by atoms with Crippen molar-refractivity contribution in [2.45, 2.75) is 25.6 Å². The van der Waals surface area contributed by atoms with Gasteiger partial charge in [0.1, 0.15) is 0 Å². The van der Waals surface area contributed by atoms with Crippen molar-refractivity contribution < 1.29 is 8.42 Å². The molecule has 0 radical (unpaired) electrons. The summed E-state index contributed by atoms with van der Waals surface area (Å²) >= 11 is 0. The van der Waals surface area contributed by atoms with Crippen LogP contribution < -0.4 is 10.0 Å². The van der Waals surface area contributed by atoms with Crippen molar-refractivity contribution in [2.75, 3.05) is 10.0 Å². The van der Waals surface area contributed by atoms with E-state index in [1.54, 1.807) is 53.9 Å². The van der Waals surface area contributed by atoms with Crippen LogP contribution in [-0.2, 0) is 23.6 Å². The Kier molecular flexibility index (Phi) is 5.12. The smallest absolute Gasteiger partial charge is 0.235 e. The maximum absolute atomic E-state index is 12.1. The monoisotopic (exact) mass is 426 g/mol. The molecule has 3 aromatic heterocycles. The van der Waals surface area contributed by atoms with Crippen LogP contribution >= 0.6 is 0 Å². The molecule has 0 amide bonds. The number of nitrogens with zero attached hydrogens (tertiary/aromatic N) is 6. The van der Waals surface area contributed by atoms with E-state index >= 15 is 0 Å². The van der Waals surface area contributed by atoms with Gasteiger partial charge in [-0.25, -0.2) is 18.1 Å². The first kappa shape index (κ1) is 19.8. The van der Waals surface area contributed by atoms with Crippen LogP contribution in [0.4, 0.5) is 17.3 Å². The highest BCUT2D eigenvalue weighted by molar-refractivity contribution is 7.93. The van der Waals surface area contributed by atoms with Gasteiger partial charge in [0.25, 0.3) is 0 Å². The molecule has 0 aliphatic rings. The lowest BCUT2D eigenvalue weighted by atomic mass is 10.2. The van der Waals surface area contributed by atoms with Crippen LogP contribution in [-0.4, -0.2) is 43.2 Å². The molecule has 4 rings (SSSR count). The van der Waals surface area contributed by atoms with E-state index in [0.717, 1.165) is 16.6 Å². The number of aromatic nitrogens is 6. The number of nitrogens with one attached hydrogen (secondary N) is 2. The van der Waals surface area contributed by atoms with Crippen LogP contribution in [0.15, 0.2) is 49.1 Å². The van der Waals surface area contributed by atoms with Gasteiger partial charge >= 0.3 is 0 Å². The van der Waals surface area contributed by atoms with Gasteiger partial charge in [-0.2, -0.15) is 15.2 Å². The van der Waals surface area contributed by atoms with Gasteiger partial charge in [0.05, 0.1) is 35.3 Å². The van der Waals surface area contributed by atoms with Gasteiger partial charge in [-0.05, 0) is 31.5 Å². The van der Waals surface area contributed by atoms with Gasteiger partial charge in [-0.1, -0.05) is 12.1 Å². The van der Waals surface area contributed by atoms with Crippen molar-refractivity contribution in [2.24, 2.45) is 7.05 Å². The molecule has 1 aromatic carbocycles. The number of hydrogen-bond donors (Lipinski definition) is 2. The molecule has 0 aliphatic heterocycles. The fraction of sp³-hybridized carbons (Fsp3) is 0.263. The molecule has 0 spiro atoms. The molecule has 0 unspecified atom stereocenters. The van der Waals surface area contributed by atoms with E-state index in [4.69, 9.17) is 0 Å². The molecule has 0 bridgehead atoms. The molecule has 0 saturated carbocycles. The first-order valence-electron chi connectivity index (χ1n) is 9.35. The van der Waals surface area contributed by atoms with Crippen LogP contribution in [0, 0.1) is 0 Å². The standard InChI is InChI=1S/C19H22N8O2S/c1-13(2)30(28,29)25-16-6-4-5-14(7-16)11-27-18-15(9-22-27)8-20-19(24-18)23-17-10-21-26(3)12-17/h4-10,12-13,25H,11H2,1-3H3,(H,20,23,24). The maximum atomic E-state index is 12.1. The van der Waals surface area contributed by atoms with E-state index < -0.39 is 15.3 Å². The summed E-state index contributed by atoms with van der Waals surface area (Å²) in [6.07, 6.45) is 6.93. The lowest BCUT2D eigenvalue weighted by Gasteiger charge is -2.12. The predicted molar refractivity (Wildman–Crippen MR) is 115 cm³/mol. The first-order chi connectivity index (χ1) is 14.3. The van der Waals surface area contributed by atoms with Gasteiger partial charge in [-0.3, -0.25) is 9.40 Å². The molecule has 0 saturated heterocycles. The molecule has 2 N–H and O–H groups in total. The summed E-state index contributed by atoms with van der Waals surface area (Å²) in [6.45, 7) is 3.71. The van der Waals surface area contributed by atoms with E-state index in [-0.39, 0.29) is 0 Å². The minimum absolute atomic E-state index is 0.435. The van der Waals surface area contributed by atoms with Crippen LogP contribution in [0.5, 0.6) is 0 Å². The van der Waals surface area contributed by atoms with E-state index in [1.165, 1.54) is 0 Å². The van der Waals surface area contributed by atoms with E-state index in [2.05, 4.69) is 30.2 Å². The maximum Gasteiger partial charge on any atom is 0.235 e. The van der Waals surface area contributed by atoms with Crippen molar-refractivity contribution in [3.63, 3.8) is 0 Å². The van der Waals surface area contributed by atoms with Crippen LogP contribution in [0.3, 0.4) is 0 Å². The average molecular weight is 427 g/mol. The lowest BCUT2D eigenvalue weighted by Crippen LogP contribution is -2.22. The molecule has 0 atom stereocenters. The van der Waals surface area contributed by atoms with E-state index in [0.29, 0.717) is 23.8 Å². The molecule has 10 nitrogen and oxygen atoms in total. The Morgan fingerprint density at radius 2 is 1.93 bits per heavy atom. The van der Waals surface area contributed by atoms with Crippen molar-refractivity contribution >= 4 is 38.4 Å². The number of sulfonamides is 1. The summed E-state index contributed by atoms with van der Waals surface area (Å²) in [6, 6.07) is 7.24. The van der Waals surface area contributed by atoms with Crippen molar-refractivity contribution in [1.82, 2.24) is 29.5 Å². The SMILES string of the molecule is CC(C)S(=O)(=O)Nc1cccc(Cn2ncc3cnc(Nc4cnn(C)c4)nc32)c1. The zero-order chi connectivity index (χ0) is 21.3.